The number of aromatic nitrogens is 1. The lowest BCUT2D eigenvalue weighted by Crippen LogP contribution is -2.33. The highest BCUT2D eigenvalue weighted by Crippen LogP contribution is 2.49. The lowest BCUT2D eigenvalue weighted by molar-refractivity contribution is 0.0189. The summed E-state index contributed by atoms with van der Waals surface area (Å²) in [6.07, 6.45) is 4.21. The summed E-state index contributed by atoms with van der Waals surface area (Å²) in [7, 11) is 0. The van der Waals surface area contributed by atoms with E-state index in [1.807, 2.05) is 0 Å². The van der Waals surface area contributed by atoms with Gasteiger partial charge in [-0.25, -0.2) is 4.98 Å². The zero-order valence-corrected chi connectivity index (χ0v) is 12.8. The minimum atomic E-state index is -0.817. The van der Waals surface area contributed by atoms with Crippen LogP contribution in [0.3, 0.4) is 0 Å². The zero-order valence-electron chi connectivity index (χ0n) is 11.3. The second-order valence-corrected chi connectivity index (χ2v) is 7.45. The molecule has 1 unspecified atom stereocenters. The molecule has 1 aliphatic rings. The van der Waals surface area contributed by atoms with E-state index in [1.54, 1.807) is 0 Å². The van der Waals surface area contributed by atoms with Gasteiger partial charge in [0.05, 0.1) is 17.7 Å². The Labute approximate surface area is 123 Å². The van der Waals surface area contributed by atoms with Crippen molar-refractivity contribution in [1.29, 1.82) is 5.26 Å². The van der Waals surface area contributed by atoms with E-state index in [9.17, 15) is 10.4 Å². The van der Waals surface area contributed by atoms with Crippen LogP contribution in [0, 0.1) is 28.6 Å². The van der Waals surface area contributed by atoms with E-state index < -0.39 is 11.5 Å². The van der Waals surface area contributed by atoms with Crippen molar-refractivity contribution >= 4 is 22.9 Å². The summed E-state index contributed by atoms with van der Waals surface area (Å²) in [5.41, 5.74) is -0.688. The van der Waals surface area contributed by atoms with E-state index in [1.165, 1.54) is 17.5 Å². The molecule has 0 amide bonds. The van der Waals surface area contributed by atoms with Gasteiger partial charge in [-0.05, 0) is 37.5 Å². The number of halogens is 1. The van der Waals surface area contributed by atoms with Crippen molar-refractivity contribution in [1.82, 2.24) is 4.98 Å². The van der Waals surface area contributed by atoms with Gasteiger partial charge in [-0.3, -0.25) is 0 Å². The molecule has 0 saturated heterocycles. The molecular weight excluding hydrogens is 280 g/mol. The molecule has 0 bridgehead atoms. The van der Waals surface area contributed by atoms with Crippen molar-refractivity contribution in [3.05, 3.63) is 15.5 Å². The number of hydrogen-bond donors (Lipinski definition) is 1. The summed E-state index contributed by atoms with van der Waals surface area (Å²) in [4.78, 5) is 4.12. The summed E-state index contributed by atoms with van der Waals surface area (Å²) < 4.78 is 0.554. The molecule has 1 atom stereocenters. The Morgan fingerprint density at radius 2 is 2.16 bits per heavy atom. The molecule has 5 heteroatoms. The first-order chi connectivity index (χ1) is 8.98. The Bertz CT molecular complexity index is 472. The fourth-order valence-electron chi connectivity index (χ4n) is 2.90. The Hall–Kier alpha value is -0.630. The SMILES string of the molecule is CC(C)C1CCC(C#N)(C(O)c2ncc(Cl)s2)CC1. The summed E-state index contributed by atoms with van der Waals surface area (Å²) in [5, 5.41) is 20.6. The lowest BCUT2D eigenvalue weighted by atomic mass is 9.66. The van der Waals surface area contributed by atoms with Crippen molar-refractivity contribution in [3.8, 4) is 6.07 Å². The quantitative estimate of drug-likeness (QED) is 0.910. The van der Waals surface area contributed by atoms with Crippen LogP contribution < -0.4 is 0 Å². The largest absolute Gasteiger partial charge is 0.384 e. The number of nitrogens with zero attached hydrogens (tertiary/aromatic N) is 2. The number of aliphatic hydroxyl groups excluding tert-OH is 1. The molecule has 0 spiro atoms. The molecule has 0 aromatic carbocycles. The summed E-state index contributed by atoms with van der Waals surface area (Å²) in [5.74, 6) is 1.30. The number of thiazole rings is 1. The van der Waals surface area contributed by atoms with Crippen molar-refractivity contribution in [2.24, 2.45) is 17.3 Å². The lowest BCUT2D eigenvalue weighted by Gasteiger charge is -2.38. The third kappa shape index (κ3) is 2.94. The molecule has 104 valence electrons. The van der Waals surface area contributed by atoms with Crippen LogP contribution in [0.15, 0.2) is 6.20 Å². The third-order valence-corrected chi connectivity index (χ3v) is 5.51. The molecule has 3 nitrogen and oxygen atoms in total. The second kappa shape index (κ2) is 5.78. The summed E-state index contributed by atoms with van der Waals surface area (Å²) >= 11 is 7.12. The van der Waals surface area contributed by atoms with Crippen LogP contribution in [0.4, 0.5) is 0 Å². The molecule has 2 rings (SSSR count). The molecule has 0 radical (unpaired) electrons. The molecular formula is C14H19ClN2OS. The van der Waals surface area contributed by atoms with Gasteiger partial charge in [0.2, 0.25) is 0 Å². The van der Waals surface area contributed by atoms with E-state index >= 15 is 0 Å². The number of hydrogen-bond acceptors (Lipinski definition) is 4. The van der Waals surface area contributed by atoms with Gasteiger partial charge in [-0.1, -0.05) is 25.4 Å². The molecule has 1 heterocycles. The highest BCUT2D eigenvalue weighted by Gasteiger charge is 2.44. The number of aliphatic hydroxyl groups is 1. The van der Waals surface area contributed by atoms with Gasteiger partial charge in [-0.2, -0.15) is 5.26 Å². The Balaban J connectivity index is 2.14. The first-order valence-corrected chi connectivity index (χ1v) is 7.88. The van der Waals surface area contributed by atoms with Crippen LogP contribution in [-0.4, -0.2) is 10.1 Å². The Morgan fingerprint density at radius 1 is 1.53 bits per heavy atom. The molecule has 1 fully saturated rings. The van der Waals surface area contributed by atoms with Crippen LogP contribution in [0.25, 0.3) is 0 Å². The van der Waals surface area contributed by atoms with Gasteiger partial charge in [-0.15, -0.1) is 11.3 Å². The van der Waals surface area contributed by atoms with Gasteiger partial charge < -0.3 is 5.11 Å². The smallest absolute Gasteiger partial charge is 0.124 e. The first-order valence-electron chi connectivity index (χ1n) is 6.69. The maximum absolute atomic E-state index is 10.5. The molecule has 1 aliphatic carbocycles. The molecule has 1 N–H and O–H groups in total. The van der Waals surface area contributed by atoms with Crippen molar-refractivity contribution < 1.29 is 5.11 Å². The Morgan fingerprint density at radius 3 is 2.58 bits per heavy atom. The predicted octanol–water partition coefficient (Wildman–Crippen LogP) is 4.19. The van der Waals surface area contributed by atoms with Crippen LogP contribution in [0.5, 0.6) is 0 Å². The fraction of sp³-hybridized carbons (Fsp3) is 0.714. The standard InChI is InChI=1S/C14H19ClN2OS/c1-9(2)10-3-5-14(8-16,6-4-10)12(18)13-17-7-11(15)19-13/h7,9-10,12,18H,3-6H2,1-2H3. The predicted molar refractivity (Wildman–Crippen MR) is 76.9 cm³/mol. The Kier molecular flexibility index (Phi) is 4.50. The van der Waals surface area contributed by atoms with Crippen molar-refractivity contribution in [2.45, 2.75) is 45.6 Å². The van der Waals surface area contributed by atoms with E-state index in [4.69, 9.17) is 11.6 Å². The minimum Gasteiger partial charge on any atom is -0.384 e. The average molecular weight is 299 g/mol. The second-order valence-electron chi connectivity index (χ2n) is 5.75. The highest BCUT2D eigenvalue weighted by atomic mass is 35.5. The van der Waals surface area contributed by atoms with E-state index in [-0.39, 0.29) is 0 Å². The number of rotatable bonds is 3. The molecule has 1 aromatic heterocycles. The van der Waals surface area contributed by atoms with Gasteiger partial charge in [0.15, 0.2) is 0 Å². The maximum atomic E-state index is 10.5. The maximum Gasteiger partial charge on any atom is 0.124 e. The van der Waals surface area contributed by atoms with E-state index in [0.29, 0.717) is 21.2 Å². The third-order valence-electron chi connectivity index (χ3n) is 4.34. The molecule has 1 aromatic rings. The highest BCUT2D eigenvalue weighted by molar-refractivity contribution is 7.15. The average Bonchev–Trinajstić information content (AvgIpc) is 2.84. The van der Waals surface area contributed by atoms with E-state index in [0.717, 1.165) is 25.7 Å². The summed E-state index contributed by atoms with van der Waals surface area (Å²) in [6, 6.07) is 2.36. The zero-order chi connectivity index (χ0) is 14.0. The minimum absolute atomic E-state index is 0.554. The number of nitriles is 1. The molecule has 0 aliphatic heterocycles. The molecule has 19 heavy (non-hydrogen) atoms. The topological polar surface area (TPSA) is 56.9 Å². The van der Waals surface area contributed by atoms with Crippen LogP contribution >= 0.6 is 22.9 Å². The van der Waals surface area contributed by atoms with Crippen molar-refractivity contribution in [3.63, 3.8) is 0 Å². The monoisotopic (exact) mass is 298 g/mol. The normalized spacial score (nSPS) is 29.2. The first kappa shape index (κ1) is 14.8. The fourth-order valence-corrected chi connectivity index (χ4v) is 3.93. The van der Waals surface area contributed by atoms with Gasteiger partial charge in [0.25, 0.3) is 0 Å². The molecule has 1 saturated carbocycles. The summed E-state index contributed by atoms with van der Waals surface area (Å²) in [6.45, 7) is 4.45. The van der Waals surface area contributed by atoms with Gasteiger partial charge in [0.1, 0.15) is 15.4 Å². The van der Waals surface area contributed by atoms with E-state index in [2.05, 4.69) is 24.9 Å². The van der Waals surface area contributed by atoms with Gasteiger partial charge in [0, 0.05) is 0 Å². The van der Waals surface area contributed by atoms with Crippen LogP contribution in [0.2, 0.25) is 4.34 Å². The van der Waals surface area contributed by atoms with Crippen LogP contribution in [-0.2, 0) is 0 Å². The van der Waals surface area contributed by atoms with Gasteiger partial charge >= 0.3 is 0 Å². The van der Waals surface area contributed by atoms with Crippen molar-refractivity contribution in [2.75, 3.05) is 0 Å². The van der Waals surface area contributed by atoms with Crippen LogP contribution in [0.1, 0.15) is 50.6 Å².